The van der Waals surface area contributed by atoms with E-state index in [1.165, 1.54) is 31.4 Å². The second-order valence-corrected chi connectivity index (χ2v) is 3.34. The predicted octanol–water partition coefficient (Wildman–Crippen LogP) is 3.67. The van der Waals surface area contributed by atoms with Gasteiger partial charge < -0.3 is 4.52 Å². The first-order valence-electron chi connectivity index (χ1n) is 5.29. The summed E-state index contributed by atoms with van der Waals surface area (Å²) in [6, 6.07) is 2.07. The van der Waals surface area contributed by atoms with Crippen LogP contribution in [0, 0.1) is 6.92 Å². The average molecular weight is 181 g/mol. The van der Waals surface area contributed by atoms with E-state index in [9.17, 15) is 0 Å². The van der Waals surface area contributed by atoms with Crippen molar-refractivity contribution >= 4 is 0 Å². The van der Waals surface area contributed by atoms with Gasteiger partial charge in [-0.1, -0.05) is 31.8 Å². The van der Waals surface area contributed by atoms with Crippen LogP contribution in [-0.4, -0.2) is 5.16 Å². The molecule has 74 valence electrons. The molecule has 0 amide bonds. The van der Waals surface area contributed by atoms with Crippen LogP contribution in [0.2, 0.25) is 0 Å². The van der Waals surface area contributed by atoms with Gasteiger partial charge >= 0.3 is 0 Å². The van der Waals surface area contributed by atoms with Crippen LogP contribution in [-0.2, 0) is 0 Å². The number of hydrogen-bond acceptors (Lipinski definition) is 2. The van der Waals surface area contributed by atoms with Gasteiger partial charge in [0.2, 0.25) is 0 Å². The highest BCUT2D eigenvalue weighted by Crippen LogP contribution is 2.33. The summed E-state index contributed by atoms with van der Waals surface area (Å²) in [6.07, 6.45) is 5.31. The molecule has 0 bridgehead atoms. The molecule has 0 saturated heterocycles. The van der Waals surface area contributed by atoms with Crippen LogP contribution in [0.5, 0.6) is 0 Å². The fourth-order valence-corrected chi connectivity index (χ4v) is 1.80. The van der Waals surface area contributed by atoms with Crippen molar-refractivity contribution in [1.29, 1.82) is 0 Å². The predicted molar refractivity (Wildman–Crippen MR) is 53.8 cm³/mol. The van der Waals surface area contributed by atoms with Gasteiger partial charge in [-0.3, -0.25) is 0 Å². The maximum atomic E-state index is 5.03. The van der Waals surface area contributed by atoms with E-state index in [0.717, 1.165) is 5.76 Å². The van der Waals surface area contributed by atoms with Crippen molar-refractivity contribution in [2.24, 2.45) is 0 Å². The smallest absolute Gasteiger partial charge is 0.133 e. The fourth-order valence-electron chi connectivity index (χ4n) is 1.80. The van der Waals surface area contributed by atoms with Crippen molar-refractivity contribution in [2.75, 3.05) is 0 Å². The normalized spacial score (nSPS) is 16.8. The Bertz CT molecular complexity index is 236. The Hall–Kier alpha value is -0.790. The van der Waals surface area contributed by atoms with E-state index >= 15 is 0 Å². The highest BCUT2D eigenvalue weighted by atomic mass is 16.5. The largest absolute Gasteiger partial charge is 0.361 e. The van der Waals surface area contributed by atoms with Crippen LogP contribution in [0.15, 0.2) is 10.6 Å². The third kappa shape index (κ3) is 2.58. The van der Waals surface area contributed by atoms with Crippen LogP contribution in [0.25, 0.3) is 0 Å². The van der Waals surface area contributed by atoms with Crippen molar-refractivity contribution in [3.8, 4) is 0 Å². The van der Waals surface area contributed by atoms with Crippen LogP contribution < -0.4 is 0 Å². The second kappa shape index (κ2) is 5.05. The third-order valence-corrected chi connectivity index (χ3v) is 2.42. The molecule has 0 unspecified atom stereocenters. The Morgan fingerprint density at radius 1 is 1.31 bits per heavy atom. The lowest BCUT2D eigenvalue weighted by Crippen LogP contribution is -1.90. The Labute approximate surface area is 80.3 Å². The summed E-state index contributed by atoms with van der Waals surface area (Å²) in [4.78, 5) is 0. The van der Waals surface area contributed by atoms with E-state index in [-0.39, 0.29) is 0 Å². The van der Waals surface area contributed by atoms with Crippen LogP contribution in [0.3, 0.4) is 0 Å². The molecule has 1 aliphatic rings. The molecule has 2 nitrogen and oxygen atoms in total. The number of nitrogens with zero attached hydrogens (tertiary/aromatic N) is 1. The van der Waals surface area contributed by atoms with E-state index in [2.05, 4.69) is 11.2 Å². The topological polar surface area (TPSA) is 26.0 Å². The summed E-state index contributed by atoms with van der Waals surface area (Å²) in [5, 5.41) is 4.02. The molecule has 0 aromatic carbocycles. The van der Waals surface area contributed by atoms with E-state index < -0.39 is 0 Å². The van der Waals surface area contributed by atoms with Crippen molar-refractivity contribution in [3.05, 3.63) is 17.5 Å². The Balaban J connectivity index is 0.000000396. The molecule has 1 fully saturated rings. The molecule has 1 aromatic rings. The molecular formula is C11H19NO. The highest BCUT2D eigenvalue weighted by Gasteiger charge is 2.19. The molecular weight excluding hydrogens is 162 g/mol. The summed E-state index contributed by atoms with van der Waals surface area (Å²) in [5.74, 6) is 1.62. The number of hydrogen-bond donors (Lipinski definition) is 0. The zero-order valence-corrected chi connectivity index (χ0v) is 8.84. The molecule has 2 heteroatoms. The zero-order chi connectivity index (χ0) is 9.68. The van der Waals surface area contributed by atoms with Gasteiger partial charge in [0.1, 0.15) is 5.76 Å². The molecule has 1 saturated carbocycles. The maximum absolute atomic E-state index is 5.03. The van der Waals surface area contributed by atoms with Crippen molar-refractivity contribution < 1.29 is 4.52 Å². The lowest BCUT2D eigenvalue weighted by atomic mass is 10.0. The minimum Gasteiger partial charge on any atom is -0.361 e. The molecule has 2 rings (SSSR count). The molecule has 0 spiro atoms. The van der Waals surface area contributed by atoms with Crippen molar-refractivity contribution in [2.45, 2.75) is 52.4 Å². The number of aryl methyl sites for hydroxylation is 1. The third-order valence-electron chi connectivity index (χ3n) is 2.42. The van der Waals surface area contributed by atoms with Gasteiger partial charge in [0.05, 0.1) is 5.69 Å². The Morgan fingerprint density at radius 3 is 2.38 bits per heavy atom. The van der Waals surface area contributed by atoms with Crippen LogP contribution in [0.1, 0.15) is 56.9 Å². The standard InChI is InChI=1S/C9H13NO.C2H6/c1-7-6-9(10-11-7)8-4-2-3-5-8;1-2/h6,8H,2-5H2,1H3;1-2H3. The molecule has 1 heterocycles. The van der Waals surface area contributed by atoms with E-state index in [0.29, 0.717) is 5.92 Å². The van der Waals surface area contributed by atoms with Gasteiger partial charge in [-0.15, -0.1) is 0 Å². The van der Waals surface area contributed by atoms with E-state index in [4.69, 9.17) is 4.52 Å². The quantitative estimate of drug-likeness (QED) is 0.660. The molecule has 1 aromatic heterocycles. The van der Waals surface area contributed by atoms with Gasteiger partial charge in [-0.25, -0.2) is 0 Å². The molecule has 0 radical (unpaired) electrons. The monoisotopic (exact) mass is 181 g/mol. The lowest BCUT2D eigenvalue weighted by Gasteiger charge is -2.00. The summed E-state index contributed by atoms with van der Waals surface area (Å²) in [5.41, 5.74) is 1.17. The molecule has 0 atom stereocenters. The van der Waals surface area contributed by atoms with E-state index in [1.54, 1.807) is 0 Å². The SMILES string of the molecule is CC.Cc1cc(C2CCCC2)no1. The maximum Gasteiger partial charge on any atom is 0.133 e. The average Bonchev–Trinajstić information content (AvgIpc) is 2.77. The Morgan fingerprint density at radius 2 is 1.92 bits per heavy atom. The summed E-state index contributed by atoms with van der Waals surface area (Å²) < 4.78 is 5.03. The van der Waals surface area contributed by atoms with E-state index in [1.807, 2.05) is 20.8 Å². The summed E-state index contributed by atoms with van der Waals surface area (Å²) in [7, 11) is 0. The first-order valence-corrected chi connectivity index (χ1v) is 5.29. The molecule has 1 aliphatic carbocycles. The number of rotatable bonds is 1. The molecule has 13 heavy (non-hydrogen) atoms. The fraction of sp³-hybridized carbons (Fsp3) is 0.727. The van der Waals surface area contributed by atoms with Crippen molar-refractivity contribution in [3.63, 3.8) is 0 Å². The first kappa shape index (κ1) is 10.3. The van der Waals surface area contributed by atoms with Gasteiger partial charge in [0.25, 0.3) is 0 Å². The highest BCUT2D eigenvalue weighted by molar-refractivity contribution is 5.10. The number of aromatic nitrogens is 1. The van der Waals surface area contributed by atoms with Gasteiger partial charge in [-0.05, 0) is 19.8 Å². The van der Waals surface area contributed by atoms with Gasteiger partial charge in [0, 0.05) is 12.0 Å². The minimum atomic E-state index is 0.687. The molecule has 0 N–H and O–H groups in total. The first-order chi connectivity index (χ1) is 6.36. The minimum absolute atomic E-state index is 0.687. The van der Waals surface area contributed by atoms with Gasteiger partial charge in [-0.2, -0.15) is 0 Å². The van der Waals surface area contributed by atoms with Crippen LogP contribution in [0.4, 0.5) is 0 Å². The van der Waals surface area contributed by atoms with Gasteiger partial charge in [0.15, 0.2) is 0 Å². The van der Waals surface area contributed by atoms with Crippen LogP contribution >= 0.6 is 0 Å². The zero-order valence-electron chi connectivity index (χ0n) is 8.84. The summed E-state index contributed by atoms with van der Waals surface area (Å²) in [6.45, 7) is 5.95. The summed E-state index contributed by atoms with van der Waals surface area (Å²) >= 11 is 0. The second-order valence-electron chi connectivity index (χ2n) is 3.34. The lowest BCUT2D eigenvalue weighted by molar-refractivity contribution is 0.385. The Kier molecular flexibility index (Phi) is 4.00. The molecule has 0 aliphatic heterocycles. The van der Waals surface area contributed by atoms with Crippen molar-refractivity contribution in [1.82, 2.24) is 5.16 Å².